The minimum atomic E-state index is -4.54. The van der Waals surface area contributed by atoms with E-state index in [4.69, 9.17) is 0 Å². The standard InChI is InChI=1S/C9H6F3N3/c10-9(11,12)15-8(6-13-14-15)7-4-2-1-3-5-7/h1-6H. The average Bonchev–Trinajstić information content (AvgIpc) is 2.67. The average molecular weight is 213 g/mol. The van der Waals surface area contributed by atoms with Crippen molar-refractivity contribution < 1.29 is 13.2 Å². The zero-order chi connectivity index (χ0) is 10.9. The van der Waals surface area contributed by atoms with E-state index in [1.807, 2.05) is 0 Å². The predicted octanol–water partition coefficient (Wildman–Crippen LogP) is 2.42. The highest BCUT2D eigenvalue weighted by atomic mass is 19.4. The van der Waals surface area contributed by atoms with Gasteiger partial charge in [-0.3, -0.25) is 0 Å². The van der Waals surface area contributed by atoms with Gasteiger partial charge in [-0.2, -0.15) is 4.68 Å². The second-order valence-corrected chi connectivity index (χ2v) is 2.86. The van der Waals surface area contributed by atoms with Crippen LogP contribution in [0.15, 0.2) is 36.5 Å². The SMILES string of the molecule is FC(F)(F)n1nncc1-c1ccccc1. The van der Waals surface area contributed by atoms with Crippen LogP contribution in [0.3, 0.4) is 0 Å². The van der Waals surface area contributed by atoms with Gasteiger partial charge in [0.25, 0.3) is 0 Å². The van der Waals surface area contributed by atoms with E-state index >= 15 is 0 Å². The maximum atomic E-state index is 12.4. The number of alkyl halides is 3. The van der Waals surface area contributed by atoms with Gasteiger partial charge >= 0.3 is 6.30 Å². The van der Waals surface area contributed by atoms with E-state index in [9.17, 15) is 13.2 Å². The van der Waals surface area contributed by atoms with Gasteiger partial charge in [-0.15, -0.1) is 18.3 Å². The van der Waals surface area contributed by atoms with Crippen LogP contribution >= 0.6 is 0 Å². The van der Waals surface area contributed by atoms with Crippen LogP contribution in [0.2, 0.25) is 0 Å². The van der Waals surface area contributed by atoms with Crippen molar-refractivity contribution in [3.05, 3.63) is 36.5 Å². The number of halogens is 3. The monoisotopic (exact) mass is 213 g/mol. The molecule has 0 aliphatic heterocycles. The molecule has 78 valence electrons. The number of nitrogens with zero attached hydrogens (tertiary/aromatic N) is 3. The zero-order valence-corrected chi connectivity index (χ0v) is 7.44. The van der Waals surface area contributed by atoms with Crippen LogP contribution < -0.4 is 0 Å². The largest absolute Gasteiger partial charge is 0.506 e. The van der Waals surface area contributed by atoms with Gasteiger partial charge in [0.05, 0.1) is 11.9 Å². The van der Waals surface area contributed by atoms with Crippen molar-refractivity contribution in [2.45, 2.75) is 6.30 Å². The molecule has 3 nitrogen and oxygen atoms in total. The lowest BCUT2D eigenvalue weighted by Gasteiger charge is -2.08. The van der Waals surface area contributed by atoms with E-state index in [0.29, 0.717) is 5.56 Å². The first kappa shape index (κ1) is 9.70. The molecular formula is C9H6F3N3. The smallest absolute Gasteiger partial charge is 0.150 e. The molecule has 2 rings (SSSR count). The number of hydrogen-bond donors (Lipinski definition) is 0. The fourth-order valence-electron chi connectivity index (χ4n) is 1.23. The Bertz CT molecular complexity index is 447. The van der Waals surface area contributed by atoms with Crippen molar-refractivity contribution in [1.29, 1.82) is 0 Å². The van der Waals surface area contributed by atoms with Gasteiger partial charge in [0, 0.05) is 5.56 Å². The molecule has 0 spiro atoms. The molecule has 1 heterocycles. The Balaban J connectivity index is 2.51. The minimum absolute atomic E-state index is 0.0532. The highest BCUT2D eigenvalue weighted by Crippen LogP contribution is 2.27. The van der Waals surface area contributed by atoms with Crippen molar-refractivity contribution in [1.82, 2.24) is 15.0 Å². The first-order valence-corrected chi connectivity index (χ1v) is 4.12. The Labute approximate surface area is 83.1 Å². The van der Waals surface area contributed by atoms with Gasteiger partial charge in [-0.1, -0.05) is 35.5 Å². The predicted molar refractivity (Wildman–Crippen MR) is 46.8 cm³/mol. The first-order valence-electron chi connectivity index (χ1n) is 4.12. The summed E-state index contributed by atoms with van der Waals surface area (Å²) in [5.74, 6) is 0. The molecule has 0 bridgehead atoms. The summed E-state index contributed by atoms with van der Waals surface area (Å²) >= 11 is 0. The summed E-state index contributed by atoms with van der Waals surface area (Å²) in [4.78, 5) is 0. The number of aromatic nitrogens is 3. The Morgan fingerprint density at radius 2 is 1.73 bits per heavy atom. The lowest BCUT2D eigenvalue weighted by atomic mass is 10.2. The fraction of sp³-hybridized carbons (Fsp3) is 0.111. The molecule has 0 radical (unpaired) electrons. The number of hydrogen-bond acceptors (Lipinski definition) is 2. The molecule has 0 atom stereocenters. The summed E-state index contributed by atoms with van der Waals surface area (Å²) in [6.45, 7) is 0. The molecular weight excluding hydrogens is 207 g/mol. The molecule has 1 aromatic heterocycles. The van der Waals surface area contributed by atoms with Gasteiger partial charge < -0.3 is 0 Å². The molecule has 0 unspecified atom stereocenters. The van der Waals surface area contributed by atoms with Crippen molar-refractivity contribution >= 4 is 0 Å². The maximum absolute atomic E-state index is 12.4. The van der Waals surface area contributed by atoms with Crippen LogP contribution in [0.5, 0.6) is 0 Å². The summed E-state index contributed by atoms with van der Waals surface area (Å²) in [5, 5.41) is 6.26. The third-order valence-electron chi connectivity index (χ3n) is 1.86. The molecule has 6 heteroatoms. The minimum Gasteiger partial charge on any atom is -0.150 e. The molecule has 1 aromatic carbocycles. The van der Waals surface area contributed by atoms with Crippen LogP contribution in [0.25, 0.3) is 11.3 Å². The van der Waals surface area contributed by atoms with Crippen molar-refractivity contribution in [3.63, 3.8) is 0 Å². The Hall–Kier alpha value is -1.85. The summed E-state index contributed by atoms with van der Waals surface area (Å²) in [7, 11) is 0. The van der Waals surface area contributed by atoms with E-state index < -0.39 is 6.30 Å². The van der Waals surface area contributed by atoms with Crippen LogP contribution in [0, 0.1) is 0 Å². The normalized spacial score (nSPS) is 11.7. The lowest BCUT2D eigenvalue weighted by Crippen LogP contribution is -2.19. The van der Waals surface area contributed by atoms with Crippen LogP contribution in [0.1, 0.15) is 0 Å². The number of rotatable bonds is 1. The first-order chi connectivity index (χ1) is 7.09. The van der Waals surface area contributed by atoms with Crippen LogP contribution in [-0.2, 0) is 6.30 Å². The molecule has 0 amide bonds. The van der Waals surface area contributed by atoms with E-state index in [0.717, 1.165) is 6.20 Å². The molecule has 2 aromatic rings. The molecule has 0 aliphatic carbocycles. The molecule has 0 aliphatic rings. The zero-order valence-electron chi connectivity index (χ0n) is 7.44. The third kappa shape index (κ3) is 1.83. The molecule has 0 N–H and O–H groups in total. The fourth-order valence-corrected chi connectivity index (χ4v) is 1.23. The van der Waals surface area contributed by atoms with E-state index in [1.165, 1.54) is 0 Å². The molecule has 15 heavy (non-hydrogen) atoms. The molecule has 0 saturated carbocycles. The van der Waals surface area contributed by atoms with Crippen molar-refractivity contribution in [2.24, 2.45) is 0 Å². The van der Waals surface area contributed by atoms with Gasteiger partial charge in [0.15, 0.2) is 0 Å². The summed E-state index contributed by atoms with van der Waals surface area (Å²) in [5.41, 5.74) is 0.364. The summed E-state index contributed by atoms with van der Waals surface area (Å²) < 4.78 is 37.2. The maximum Gasteiger partial charge on any atom is 0.506 e. The highest BCUT2D eigenvalue weighted by molar-refractivity contribution is 5.57. The quantitative estimate of drug-likeness (QED) is 0.728. The van der Waals surface area contributed by atoms with Crippen LogP contribution in [-0.4, -0.2) is 15.0 Å². The van der Waals surface area contributed by atoms with Gasteiger partial charge in [0.1, 0.15) is 0 Å². The topological polar surface area (TPSA) is 30.7 Å². The van der Waals surface area contributed by atoms with Crippen molar-refractivity contribution in [3.8, 4) is 11.3 Å². The second kappa shape index (κ2) is 3.38. The molecule has 0 fully saturated rings. The number of benzene rings is 1. The Kier molecular flexibility index (Phi) is 2.18. The van der Waals surface area contributed by atoms with Gasteiger partial charge in [0.2, 0.25) is 0 Å². The van der Waals surface area contributed by atoms with Crippen LogP contribution in [0.4, 0.5) is 13.2 Å². The van der Waals surface area contributed by atoms with E-state index in [2.05, 4.69) is 10.3 Å². The summed E-state index contributed by atoms with van der Waals surface area (Å²) in [6, 6.07) is 8.18. The molecule has 0 saturated heterocycles. The summed E-state index contributed by atoms with van der Waals surface area (Å²) in [6.07, 6.45) is -3.45. The van der Waals surface area contributed by atoms with Crippen molar-refractivity contribution in [2.75, 3.05) is 0 Å². The van der Waals surface area contributed by atoms with E-state index in [-0.39, 0.29) is 10.4 Å². The third-order valence-corrected chi connectivity index (χ3v) is 1.86. The van der Waals surface area contributed by atoms with Gasteiger partial charge in [-0.25, -0.2) is 0 Å². The second-order valence-electron chi connectivity index (χ2n) is 2.86. The lowest BCUT2D eigenvalue weighted by molar-refractivity contribution is -0.211. The Morgan fingerprint density at radius 3 is 2.33 bits per heavy atom. The van der Waals surface area contributed by atoms with E-state index in [1.54, 1.807) is 30.3 Å². The van der Waals surface area contributed by atoms with Gasteiger partial charge in [-0.05, 0) is 0 Å². The highest BCUT2D eigenvalue weighted by Gasteiger charge is 2.34. The Morgan fingerprint density at radius 1 is 1.07 bits per heavy atom.